The molecule has 0 fully saturated rings. The van der Waals surface area contributed by atoms with E-state index in [0.29, 0.717) is 13.0 Å². The van der Waals surface area contributed by atoms with Crippen LogP contribution in [0.25, 0.3) is 0 Å². The predicted molar refractivity (Wildman–Crippen MR) is 80.4 cm³/mol. The standard InChI is InChI=1S/C17H17N3O/c1-20(12-10-15-9-5-6-11-19-15)17(21)16(13-18)14-7-3-2-4-8-14/h2-9,11,16H,10,12H2,1H3. The molecule has 0 saturated heterocycles. The van der Waals surface area contributed by atoms with E-state index in [1.54, 1.807) is 30.3 Å². The van der Waals surface area contributed by atoms with Gasteiger partial charge in [0, 0.05) is 31.9 Å². The smallest absolute Gasteiger partial charge is 0.244 e. The van der Waals surface area contributed by atoms with Crippen LogP contribution < -0.4 is 0 Å². The van der Waals surface area contributed by atoms with Gasteiger partial charge in [-0.25, -0.2) is 0 Å². The fourth-order valence-electron chi connectivity index (χ4n) is 2.08. The maximum absolute atomic E-state index is 12.4. The normalized spacial score (nSPS) is 11.4. The Morgan fingerprint density at radius 2 is 1.95 bits per heavy atom. The van der Waals surface area contributed by atoms with Crippen molar-refractivity contribution in [2.45, 2.75) is 12.3 Å². The summed E-state index contributed by atoms with van der Waals surface area (Å²) in [5.41, 5.74) is 1.67. The third-order valence-electron chi connectivity index (χ3n) is 3.31. The highest BCUT2D eigenvalue weighted by atomic mass is 16.2. The monoisotopic (exact) mass is 279 g/mol. The number of likely N-dealkylation sites (N-methyl/N-ethyl adjacent to an activating group) is 1. The quantitative estimate of drug-likeness (QED) is 0.844. The van der Waals surface area contributed by atoms with Crippen LogP contribution in [0.5, 0.6) is 0 Å². The molecule has 1 atom stereocenters. The fourth-order valence-corrected chi connectivity index (χ4v) is 2.08. The van der Waals surface area contributed by atoms with Gasteiger partial charge in [-0.2, -0.15) is 5.26 Å². The molecule has 1 heterocycles. The Hall–Kier alpha value is -2.67. The number of amides is 1. The highest BCUT2D eigenvalue weighted by Gasteiger charge is 2.23. The van der Waals surface area contributed by atoms with Gasteiger partial charge in [-0.3, -0.25) is 9.78 Å². The van der Waals surface area contributed by atoms with Gasteiger partial charge in [0.2, 0.25) is 5.91 Å². The maximum atomic E-state index is 12.4. The molecule has 0 aliphatic rings. The van der Waals surface area contributed by atoms with Gasteiger partial charge in [0.1, 0.15) is 5.92 Å². The molecule has 0 aliphatic carbocycles. The van der Waals surface area contributed by atoms with E-state index >= 15 is 0 Å². The molecule has 0 spiro atoms. The van der Waals surface area contributed by atoms with Crippen LogP contribution in [-0.4, -0.2) is 29.4 Å². The summed E-state index contributed by atoms with van der Waals surface area (Å²) in [6.45, 7) is 0.543. The summed E-state index contributed by atoms with van der Waals surface area (Å²) in [6, 6.07) is 16.9. The van der Waals surface area contributed by atoms with Crippen molar-refractivity contribution >= 4 is 5.91 Å². The number of nitriles is 1. The van der Waals surface area contributed by atoms with E-state index < -0.39 is 5.92 Å². The van der Waals surface area contributed by atoms with Crippen LogP contribution in [-0.2, 0) is 11.2 Å². The molecule has 0 radical (unpaired) electrons. The van der Waals surface area contributed by atoms with Crippen molar-refractivity contribution in [1.29, 1.82) is 5.26 Å². The molecule has 1 aromatic heterocycles. The SMILES string of the molecule is CN(CCc1ccccn1)C(=O)C(C#N)c1ccccc1. The van der Waals surface area contributed by atoms with Crippen molar-refractivity contribution in [2.75, 3.05) is 13.6 Å². The summed E-state index contributed by atoms with van der Waals surface area (Å²) in [5.74, 6) is -0.931. The number of aromatic nitrogens is 1. The minimum Gasteiger partial charge on any atom is -0.344 e. The number of carbonyl (C=O) groups is 1. The second-order valence-electron chi connectivity index (χ2n) is 4.80. The molecule has 1 unspecified atom stereocenters. The second kappa shape index (κ2) is 7.20. The zero-order chi connectivity index (χ0) is 15.1. The van der Waals surface area contributed by atoms with E-state index in [-0.39, 0.29) is 5.91 Å². The average molecular weight is 279 g/mol. The number of rotatable bonds is 5. The first-order valence-corrected chi connectivity index (χ1v) is 6.82. The molecule has 21 heavy (non-hydrogen) atoms. The van der Waals surface area contributed by atoms with Crippen LogP contribution in [0.2, 0.25) is 0 Å². The van der Waals surface area contributed by atoms with Crippen molar-refractivity contribution < 1.29 is 4.79 Å². The van der Waals surface area contributed by atoms with Gasteiger partial charge in [-0.1, -0.05) is 36.4 Å². The lowest BCUT2D eigenvalue weighted by Crippen LogP contribution is -2.33. The molecule has 1 amide bonds. The summed E-state index contributed by atoms with van der Waals surface area (Å²) in [7, 11) is 1.72. The largest absolute Gasteiger partial charge is 0.344 e. The topological polar surface area (TPSA) is 57.0 Å². The molecular formula is C17H17N3O. The van der Waals surface area contributed by atoms with Gasteiger partial charge in [-0.15, -0.1) is 0 Å². The molecular weight excluding hydrogens is 262 g/mol. The number of hydrogen-bond acceptors (Lipinski definition) is 3. The maximum Gasteiger partial charge on any atom is 0.244 e. The van der Waals surface area contributed by atoms with E-state index in [1.165, 1.54) is 0 Å². The van der Waals surface area contributed by atoms with Gasteiger partial charge in [-0.05, 0) is 17.7 Å². The summed E-state index contributed by atoms with van der Waals surface area (Å²) in [5, 5.41) is 9.27. The Bertz CT molecular complexity index is 619. The summed E-state index contributed by atoms with van der Waals surface area (Å²) in [4.78, 5) is 18.2. The summed E-state index contributed by atoms with van der Waals surface area (Å²) >= 11 is 0. The van der Waals surface area contributed by atoms with Crippen molar-refractivity contribution in [2.24, 2.45) is 0 Å². The summed E-state index contributed by atoms with van der Waals surface area (Å²) in [6.07, 6.45) is 2.41. The molecule has 106 valence electrons. The average Bonchev–Trinajstić information content (AvgIpc) is 2.55. The second-order valence-corrected chi connectivity index (χ2v) is 4.80. The van der Waals surface area contributed by atoms with Crippen molar-refractivity contribution in [1.82, 2.24) is 9.88 Å². The number of carbonyl (C=O) groups excluding carboxylic acids is 1. The van der Waals surface area contributed by atoms with Gasteiger partial charge < -0.3 is 4.90 Å². The van der Waals surface area contributed by atoms with E-state index in [2.05, 4.69) is 11.1 Å². The number of benzene rings is 1. The van der Waals surface area contributed by atoms with Crippen LogP contribution in [0.3, 0.4) is 0 Å². The molecule has 0 saturated carbocycles. The lowest BCUT2D eigenvalue weighted by atomic mass is 9.99. The van der Waals surface area contributed by atoms with Gasteiger partial charge in [0.25, 0.3) is 0 Å². The first-order valence-electron chi connectivity index (χ1n) is 6.82. The number of nitrogens with zero attached hydrogens (tertiary/aromatic N) is 3. The highest BCUT2D eigenvalue weighted by Crippen LogP contribution is 2.17. The molecule has 0 aliphatic heterocycles. The zero-order valence-electron chi connectivity index (χ0n) is 11.9. The number of pyridine rings is 1. The Morgan fingerprint density at radius 3 is 2.57 bits per heavy atom. The predicted octanol–water partition coefficient (Wildman–Crippen LogP) is 2.39. The Labute approximate surface area is 124 Å². The Kier molecular flexibility index (Phi) is 5.05. The molecule has 4 heteroatoms. The molecule has 2 rings (SSSR count). The molecule has 2 aromatic rings. The lowest BCUT2D eigenvalue weighted by Gasteiger charge is -2.20. The van der Waals surface area contributed by atoms with Crippen LogP contribution in [0.4, 0.5) is 0 Å². The summed E-state index contributed by atoms with van der Waals surface area (Å²) < 4.78 is 0. The van der Waals surface area contributed by atoms with E-state index in [9.17, 15) is 10.1 Å². The Morgan fingerprint density at radius 1 is 1.24 bits per heavy atom. The third kappa shape index (κ3) is 3.90. The van der Waals surface area contributed by atoms with Crippen LogP contribution in [0.15, 0.2) is 54.7 Å². The number of hydrogen-bond donors (Lipinski definition) is 0. The van der Waals surface area contributed by atoms with Crippen LogP contribution in [0, 0.1) is 11.3 Å². The minimum atomic E-state index is -0.750. The van der Waals surface area contributed by atoms with Crippen LogP contribution >= 0.6 is 0 Å². The molecule has 4 nitrogen and oxygen atoms in total. The third-order valence-corrected chi connectivity index (χ3v) is 3.31. The van der Waals surface area contributed by atoms with E-state index in [4.69, 9.17) is 0 Å². The van der Waals surface area contributed by atoms with Crippen molar-refractivity contribution in [3.05, 3.63) is 66.0 Å². The van der Waals surface area contributed by atoms with E-state index in [0.717, 1.165) is 11.3 Å². The first-order chi connectivity index (χ1) is 10.2. The highest BCUT2D eigenvalue weighted by molar-refractivity contribution is 5.86. The minimum absolute atomic E-state index is 0.181. The van der Waals surface area contributed by atoms with Crippen LogP contribution in [0.1, 0.15) is 17.2 Å². The van der Waals surface area contributed by atoms with Crippen molar-refractivity contribution in [3.63, 3.8) is 0 Å². The first kappa shape index (κ1) is 14.7. The van der Waals surface area contributed by atoms with Gasteiger partial charge >= 0.3 is 0 Å². The van der Waals surface area contributed by atoms with Gasteiger partial charge in [0.05, 0.1) is 6.07 Å². The lowest BCUT2D eigenvalue weighted by molar-refractivity contribution is -0.130. The zero-order valence-corrected chi connectivity index (χ0v) is 11.9. The molecule has 0 N–H and O–H groups in total. The fraction of sp³-hybridized carbons (Fsp3) is 0.235. The van der Waals surface area contributed by atoms with Crippen molar-refractivity contribution in [3.8, 4) is 6.07 Å². The molecule has 0 bridgehead atoms. The Balaban J connectivity index is 2.00. The van der Waals surface area contributed by atoms with Gasteiger partial charge in [0.15, 0.2) is 0 Å². The molecule has 1 aromatic carbocycles. The van der Waals surface area contributed by atoms with E-state index in [1.807, 2.05) is 36.4 Å².